The number of likely N-dealkylation sites (tertiary alicyclic amines) is 1. The summed E-state index contributed by atoms with van der Waals surface area (Å²) in [5.41, 5.74) is 3.92. The van der Waals surface area contributed by atoms with Crippen LogP contribution in [0, 0.1) is 0 Å². The van der Waals surface area contributed by atoms with Crippen LogP contribution in [-0.4, -0.2) is 39.0 Å². The van der Waals surface area contributed by atoms with Crippen molar-refractivity contribution in [1.82, 2.24) is 14.9 Å². The van der Waals surface area contributed by atoms with Crippen LogP contribution in [0.5, 0.6) is 0 Å². The lowest BCUT2D eigenvalue weighted by atomic mass is 9.96. The molecule has 0 saturated carbocycles. The summed E-state index contributed by atoms with van der Waals surface area (Å²) < 4.78 is 0. The molecule has 1 saturated heterocycles. The summed E-state index contributed by atoms with van der Waals surface area (Å²) in [5.74, 6) is 0.0503. The molecule has 1 aliphatic heterocycles. The summed E-state index contributed by atoms with van der Waals surface area (Å²) in [6, 6.07) is 17.2. The predicted molar refractivity (Wildman–Crippen MR) is 108 cm³/mol. The average molecular weight is 394 g/mol. The van der Waals surface area contributed by atoms with Gasteiger partial charge in [-0.05, 0) is 30.2 Å². The molecule has 1 aromatic carbocycles. The second-order valence-corrected chi connectivity index (χ2v) is 7.29. The van der Waals surface area contributed by atoms with Crippen molar-refractivity contribution in [2.75, 3.05) is 13.1 Å². The Morgan fingerprint density at radius 2 is 1.96 bits per heavy atom. The molecule has 6 heteroatoms. The Kier molecular flexibility index (Phi) is 5.37. The third kappa shape index (κ3) is 3.77. The SMILES string of the molecule is O=C(c1ccc(Cl)cn1)N1CCC(c2ccc(-c3ccccc3)nc2CO)C1. The molecular weight excluding hydrogens is 374 g/mol. The van der Waals surface area contributed by atoms with E-state index in [0.29, 0.717) is 29.5 Å². The summed E-state index contributed by atoms with van der Waals surface area (Å²) in [6.45, 7) is 1.11. The Morgan fingerprint density at radius 1 is 1.14 bits per heavy atom. The number of carbonyl (C=O) groups is 1. The zero-order valence-corrected chi connectivity index (χ0v) is 16.0. The highest BCUT2D eigenvalue weighted by Gasteiger charge is 2.30. The van der Waals surface area contributed by atoms with Crippen LogP contribution in [-0.2, 0) is 6.61 Å². The van der Waals surface area contributed by atoms with E-state index in [-0.39, 0.29) is 18.4 Å². The second-order valence-electron chi connectivity index (χ2n) is 6.85. The maximum atomic E-state index is 12.7. The molecule has 4 rings (SSSR count). The van der Waals surface area contributed by atoms with E-state index in [2.05, 4.69) is 9.97 Å². The Balaban J connectivity index is 1.53. The number of aromatic nitrogens is 2. The Bertz CT molecular complexity index is 977. The first-order chi connectivity index (χ1) is 13.7. The van der Waals surface area contributed by atoms with Gasteiger partial charge in [-0.1, -0.05) is 48.0 Å². The number of aliphatic hydroxyl groups is 1. The highest BCUT2D eigenvalue weighted by molar-refractivity contribution is 6.30. The van der Waals surface area contributed by atoms with Gasteiger partial charge in [0.05, 0.1) is 23.0 Å². The van der Waals surface area contributed by atoms with Crippen LogP contribution in [0.1, 0.15) is 34.1 Å². The van der Waals surface area contributed by atoms with Crippen molar-refractivity contribution in [3.63, 3.8) is 0 Å². The van der Waals surface area contributed by atoms with Gasteiger partial charge in [-0.2, -0.15) is 0 Å². The third-order valence-electron chi connectivity index (χ3n) is 5.09. The number of pyridine rings is 2. The van der Waals surface area contributed by atoms with Crippen molar-refractivity contribution >= 4 is 17.5 Å². The first-order valence-electron chi connectivity index (χ1n) is 9.22. The molecule has 1 aliphatic rings. The van der Waals surface area contributed by atoms with Crippen molar-refractivity contribution in [3.8, 4) is 11.3 Å². The van der Waals surface area contributed by atoms with Crippen molar-refractivity contribution in [1.29, 1.82) is 0 Å². The van der Waals surface area contributed by atoms with Crippen LogP contribution in [0.4, 0.5) is 0 Å². The molecule has 0 spiro atoms. The first-order valence-corrected chi connectivity index (χ1v) is 9.60. The summed E-state index contributed by atoms with van der Waals surface area (Å²) in [4.78, 5) is 23.3. The Hall–Kier alpha value is -2.76. The number of nitrogens with zero attached hydrogens (tertiary/aromatic N) is 3. The zero-order valence-electron chi connectivity index (χ0n) is 15.3. The van der Waals surface area contributed by atoms with Crippen molar-refractivity contribution in [2.45, 2.75) is 18.9 Å². The van der Waals surface area contributed by atoms with Gasteiger partial charge in [0.1, 0.15) is 5.69 Å². The molecule has 5 nitrogen and oxygen atoms in total. The van der Waals surface area contributed by atoms with Gasteiger partial charge in [-0.25, -0.2) is 4.98 Å². The Morgan fingerprint density at radius 3 is 2.68 bits per heavy atom. The molecule has 0 aliphatic carbocycles. The number of benzene rings is 1. The molecule has 3 heterocycles. The standard InChI is InChI=1S/C22H20ClN3O2/c23-17-6-8-20(24-12-17)22(28)26-11-10-16(13-26)18-7-9-19(25-21(18)14-27)15-4-2-1-3-5-15/h1-9,12,16,27H,10-11,13-14H2. The quantitative estimate of drug-likeness (QED) is 0.729. The third-order valence-corrected chi connectivity index (χ3v) is 5.31. The summed E-state index contributed by atoms with van der Waals surface area (Å²) in [5, 5.41) is 10.4. The summed E-state index contributed by atoms with van der Waals surface area (Å²) >= 11 is 5.85. The maximum absolute atomic E-state index is 12.7. The fraction of sp³-hybridized carbons (Fsp3) is 0.227. The van der Waals surface area contributed by atoms with E-state index >= 15 is 0 Å². The van der Waals surface area contributed by atoms with Crippen molar-refractivity contribution in [2.24, 2.45) is 0 Å². The van der Waals surface area contributed by atoms with Crippen molar-refractivity contribution < 1.29 is 9.90 Å². The van der Waals surface area contributed by atoms with E-state index < -0.39 is 0 Å². The van der Waals surface area contributed by atoms with Crippen molar-refractivity contribution in [3.05, 3.63) is 82.8 Å². The lowest BCUT2D eigenvalue weighted by molar-refractivity contribution is 0.0785. The molecule has 0 bridgehead atoms. The molecule has 142 valence electrons. The number of amides is 1. The predicted octanol–water partition coefficient (Wildman–Crippen LogP) is 3.92. The second kappa shape index (κ2) is 8.09. The van der Waals surface area contributed by atoms with Crippen LogP contribution in [0.15, 0.2) is 60.8 Å². The molecule has 1 N–H and O–H groups in total. The molecule has 1 unspecified atom stereocenters. The molecule has 1 atom stereocenters. The molecular formula is C22H20ClN3O2. The lowest BCUT2D eigenvalue weighted by Crippen LogP contribution is -2.29. The number of aliphatic hydroxyl groups excluding tert-OH is 1. The van der Waals surface area contributed by atoms with E-state index in [1.165, 1.54) is 6.20 Å². The van der Waals surface area contributed by atoms with E-state index in [1.54, 1.807) is 17.0 Å². The van der Waals surface area contributed by atoms with Gasteiger partial charge in [0.15, 0.2) is 0 Å². The minimum absolute atomic E-state index is 0.0985. The number of halogens is 1. The van der Waals surface area contributed by atoms with E-state index in [9.17, 15) is 9.90 Å². The van der Waals surface area contributed by atoms with Gasteiger partial charge in [0, 0.05) is 30.8 Å². The topological polar surface area (TPSA) is 66.3 Å². The zero-order chi connectivity index (χ0) is 19.5. The van der Waals surface area contributed by atoms with Gasteiger partial charge in [-0.3, -0.25) is 9.78 Å². The van der Waals surface area contributed by atoms with E-state index in [1.807, 2.05) is 42.5 Å². The van der Waals surface area contributed by atoms with Crippen LogP contribution in [0.2, 0.25) is 5.02 Å². The van der Waals surface area contributed by atoms with Gasteiger partial charge in [0.25, 0.3) is 5.91 Å². The number of rotatable bonds is 4. The van der Waals surface area contributed by atoms with Gasteiger partial charge >= 0.3 is 0 Å². The highest BCUT2D eigenvalue weighted by Crippen LogP contribution is 2.31. The average Bonchev–Trinajstić information content (AvgIpc) is 3.24. The van der Waals surface area contributed by atoms with Gasteiger partial charge in [0.2, 0.25) is 0 Å². The van der Waals surface area contributed by atoms with Gasteiger partial charge < -0.3 is 10.0 Å². The maximum Gasteiger partial charge on any atom is 0.272 e. The number of carbonyl (C=O) groups excluding carboxylic acids is 1. The van der Waals surface area contributed by atoms with Crippen LogP contribution >= 0.6 is 11.6 Å². The number of hydrogen-bond acceptors (Lipinski definition) is 4. The van der Waals surface area contributed by atoms with E-state index in [0.717, 1.165) is 23.2 Å². The monoisotopic (exact) mass is 393 g/mol. The van der Waals surface area contributed by atoms with Crippen LogP contribution < -0.4 is 0 Å². The van der Waals surface area contributed by atoms with E-state index in [4.69, 9.17) is 11.6 Å². The molecule has 0 radical (unpaired) electrons. The Labute approximate surface area is 168 Å². The number of hydrogen-bond donors (Lipinski definition) is 1. The summed E-state index contributed by atoms with van der Waals surface area (Å²) in [6.07, 6.45) is 2.32. The highest BCUT2D eigenvalue weighted by atomic mass is 35.5. The minimum Gasteiger partial charge on any atom is -0.390 e. The fourth-order valence-corrected chi connectivity index (χ4v) is 3.75. The molecule has 1 fully saturated rings. The van der Waals surface area contributed by atoms with Gasteiger partial charge in [-0.15, -0.1) is 0 Å². The molecule has 2 aromatic heterocycles. The fourth-order valence-electron chi connectivity index (χ4n) is 3.64. The largest absolute Gasteiger partial charge is 0.390 e. The van der Waals surface area contributed by atoms with Crippen LogP contribution in [0.25, 0.3) is 11.3 Å². The molecule has 1 amide bonds. The van der Waals surface area contributed by atoms with Crippen LogP contribution in [0.3, 0.4) is 0 Å². The molecule has 28 heavy (non-hydrogen) atoms. The molecule has 3 aromatic rings. The minimum atomic E-state index is -0.126. The lowest BCUT2D eigenvalue weighted by Gasteiger charge is -2.18. The first kappa shape index (κ1) is 18.6. The normalized spacial score (nSPS) is 16.4. The smallest absolute Gasteiger partial charge is 0.272 e. The summed E-state index contributed by atoms with van der Waals surface area (Å²) in [7, 11) is 0.